The van der Waals surface area contributed by atoms with Crippen molar-refractivity contribution >= 4 is 5.91 Å². The number of pyridine rings is 1. The standard InChI is InChI=1S/C12H18N2O3/c1-4-17-9(2)11(15)14-8-10-6-5-7-13-12(10)16-3/h5-7,9H,4,8H2,1-3H3,(H,14,15)/t9-/m0/s1. The molecule has 0 unspecified atom stereocenters. The Hall–Kier alpha value is -1.62. The van der Waals surface area contributed by atoms with Crippen LogP contribution < -0.4 is 10.1 Å². The van der Waals surface area contributed by atoms with Crippen molar-refractivity contribution < 1.29 is 14.3 Å². The van der Waals surface area contributed by atoms with E-state index in [1.807, 2.05) is 13.0 Å². The first-order valence-electron chi connectivity index (χ1n) is 5.56. The zero-order chi connectivity index (χ0) is 12.7. The number of amides is 1. The number of nitrogens with one attached hydrogen (secondary N) is 1. The van der Waals surface area contributed by atoms with Crippen molar-refractivity contribution in [1.82, 2.24) is 10.3 Å². The van der Waals surface area contributed by atoms with Crippen LogP contribution in [0.1, 0.15) is 19.4 Å². The lowest BCUT2D eigenvalue weighted by Gasteiger charge is -2.12. The van der Waals surface area contributed by atoms with E-state index < -0.39 is 6.10 Å². The molecule has 5 heteroatoms. The normalized spacial score (nSPS) is 11.9. The third kappa shape index (κ3) is 4.03. The Morgan fingerprint density at radius 2 is 2.35 bits per heavy atom. The number of hydrogen-bond acceptors (Lipinski definition) is 4. The first-order chi connectivity index (χ1) is 8.19. The van der Waals surface area contributed by atoms with E-state index in [-0.39, 0.29) is 5.91 Å². The van der Waals surface area contributed by atoms with Gasteiger partial charge in [-0.25, -0.2) is 4.98 Å². The molecular weight excluding hydrogens is 220 g/mol. The van der Waals surface area contributed by atoms with Crippen molar-refractivity contribution in [3.8, 4) is 5.88 Å². The molecule has 0 spiro atoms. The monoisotopic (exact) mass is 238 g/mol. The lowest BCUT2D eigenvalue weighted by Crippen LogP contribution is -2.34. The molecule has 1 amide bonds. The van der Waals surface area contributed by atoms with Crippen LogP contribution in [0.2, 0.25) is 0 Å². The Morgan fingerprint density at radius 1 is 1.59 bits per heavy atom. The highest BCUT2D eigenvalue weighted by atomic mass is 16.5. The summed E-state index contributed by atoms with van der Waals surface area (Å²) in [5, 5.41) is 2.77. The lowest BCUT2D eigenvalue weighted by atomic mass is 10.2. The second-order valence-electron chi connectivity index (χ2n) is 3.49. The van der Waals surface area contributed by atoms with E-state index in [1.165, 1.54) is 0 Å². The Kier molecular flexibility index (Phi) is 5.42. The molecule has 0 bridgehead atoms. The molecule has 0 saturated heterocycles. The zero-order valence-electron chi connectivity index (χ0n) is 10.4. The number of methoxy groups -OCH3 is 1. The zero-order valence-corrected chi connectivity index (χ0v) is 10.4. The highest BCUT2D eigenvalue weighted by Crippen LogP contribution is 2.12. The summed E-state index contributed by atoms with van der Waals surface area (Å²) >= 11 is 0. The summed E-state index contributed by atoms with van der Waals surface area (Å²) < 4.78 is 10.3. The van der Waals surface area contributed by atoms with Crippen LogP contribution >= 0.6 is 0 Å². The van der Waals surface area contributed by atoms with Crippen molar-refractivity contribution in [3.63, 3.8) is 0 Å². The van der Waals surface area contributed by atoms with Gasteiger partial charge in [0.25, 0.3) is 0 Å². The molecule has 0 aliphatic heterocycles. The first-order valence-corrected chi connectivity index (χ1v) is 5.56. The quantitative estimate of drug-likeness (QED) is 0.807. The average Bonchev–Trinajstić information content (AvgIpc) is 2.36. The van der Waals surface area contributed by atoms with Crippen molar-refractivity contribution in [2.75, 3.05) is 13.7 Å². The smallest absolute Gasteiger partial charge is 0.249 e. The fraction of sp³-hybridized carbons (Fsp3) is 0.500. The topological polar surface area (TPSA) is 60.5 Å². The van der Waals surface area contributed by atoms with Gasteiger partial charge in [-0.2, -0.15) is 0 Å². The van der Waals surface area contributed by atoms with E-state index in [0.717, 1.165) is 5.56 Å². The van der Waals surface area contributed by atoms with Gasteiger partial charge in [0, 0.05) is 24.9 Å². The summed E-state index contributed by atoms with van der Waals surface area (Å²) in [7, 11) is 1.55. The second-order valence-corrected chi connectivity index (χ2v) is 3.49. The van der Waals surface area contributed by atoms with Gasteiger partial charge in [-0.3, -0.25) is 4.79 Å². The van der Waals surface area contributed by atoms with Crippen LogP contribution in [0.4, 0.5) is 0 Å². The van der Waals surface area contributed by atoms with Gasteiger partial charge in [-0.1, -0.05) is 6.07 Å². The number of hydrogen-bond donors (Lipinski definition) is 1. The summed E-state index contributed by atoms with van der Waals surface area (Å²) in [5.74, 6) is 0.384. The van der Waals surface area contributed by atoms with Gasteiger partial charge in [-0.15, -0.1) is 0 Å². The van der Waals surface area contributed by atoms with Gasteiger partial charge < -0.3 is 14.8 Å². The van der Waals surface area contributed by atoms with Crippen LogP contribution in [0, 0.1) is 0 Å². The number of carbonyl (C=O) groups excluding carboxylic acids is 1. The molecule has 0 saturated carbocycles. The summed E-state index contributed by atoms with van der Waals surface area (Å²) in [6.07, 6.45) is 1.20. The number of ether oxygens (including phenoxy) is 2. The first kappa shape index (κ1) is 13.4. The number of aromatic nitrogens is 1. The molecule has 1 atom stereocenters. The molecule has 17 heavy (non-hydrogen) atoms. The molecule has 0 radical (unpaired) electrons. The van der Waals surface area contributed by atoms with Gasteiger partial charge >= 0.3 is 0 Å². The van der Waals surface area contributed by atoms with Crippen LogP contribution in [0.25, 0.3) is 0 Å². The lowest BCUT2D eigenvalue weighted by molar-refractivity contribution is -0.131. The maximum absolute atomic E-state index is 11.6. The average molecular weight is 238 g/mol. The van der Waals surface area contributed by atoms with Crippen molar-refractivity contribution in [2.24, 2.45) is 0 Å². The van der Waals surface area contributed by atoms with Crippen LogP contribution in [-0.4, -0.2) is 30.7 Å². The van der Waals surface area contributed by atoms with E-state index >= 15 is 0 Å². The summed E-state index contributed by atoms with van der Waals surface area (Å²) in [6.45, 7) is 4.48. The molecule has 0 aliphatic carbocycles. The molecule has 1 N–H and O–H groups in total. The summed E-state index contributed by atoms with van der Waals surface area (Å²) in [5.41, 5.74) is 0.840. The largest absolute Gasteiger partial charge is 0.481 e. The van der Waals surface area contributed by atoms with Crippen LogP contribution in [0.5, 0.6) is 5.88 Å². The summed E-state index contributed by atoms with van der Waals surface area (Å²) in [6, 6.07) is 3.66. The third-order valence-electron chi connectivity index (χ3n) is 2.28. The van der Waals surface area contributed by atoms with Crippen molar-refractivity contribution in [2.45, 2.75) is 26.5 Å². The predicted molar refractivity (Wildman–Crippen MR) is 63.7 cm³/mol. The fourth-order valence-electron chi connectivity index (χ4n) is 1.39. The maximum atomic E-state index is 11.6. The minimum absolute atomic E-state index is 0.141. The second kappa shape index (κ2) is 6.85. The maximum Gasteiger partial charge on any atom is 0.249 e. The molecule has 94 valence electrons. The molecule has 0 fully saturated rings. The minimum Gasteiger partial charge on any atom is -0.481 e. The summed E-state index contributed by atoms with van der Waals surface area (Å²) in [4.78, 5) is 15.7. The Balaban J connectivity index is 2.52. The van der Waals surface area contributed by atoms with E-state index in [0.29, 0.717) is 19.0 Å². The molecule has 1 aromatic heterocycles. The molecule has 5 nitrogen and oxygen atoms in total. The van der Waals surface area contributed by atoms with Crippen LogP contribution in [-0.2, 0) is 16.1 Å². The van der Waals surface area contributed by atoms with E-state index in [4.69, 9.17) is 9.47 Å². The minimum atomic E-state index is -0.442. The van der Waals surface area contributed by atoms with Crippen molar-refractivity contribution in [1.29, 1.82) is 0 Å². The van der Waals surface area contributed by atoms with E-state index in [9.17, 15) is 4.79 Å². The van der Waals surface area contributed by atoms with E-state index in [1.54, 1.807) is 26.3 Å². The number of nitrogens with zero attached hydrogens (tertiary/aromatic N) is 1. The Bertz CT molecular complexity index is 369. The fourth-order valence-corrected chi connectivity index (χ4v) is 1.39. The van der Waals surface area contributed by atoms with Gasteiger partial charge in [0.05, 0.1) is 7.11 Å². The van der Waals surface area contributed by atoms with E-state index in [2.05, 4.69) is 10.3 Å². The Morgan fingerprint density at radius 3 is 3.00 bits per heavy atom. The van der Waals surface area contributed by atoms with Gasteiger partial charge in [0.2, 0.25) is 11.8 Å². The SMILES string of the molecule is CCO[C@@H](C)C(=O)NCc1cccnc1OC. The molecule has 1 rings (SSSR count). The molecule has 0 aliphatic rings. The number of rotatable bonds is 6. The van der Waals surface area contributed by atoms with Gasteiger partial charge in [-0.05, 0) is 19.9 Å². The highest BCUT2D eigenvalue weighted by Gasteiger charge is 2.12. The molecule has 1 heterocycles. The predicted octanol–water partition coefficient (Wildman–Crippen LogP) is 1.13. The molecule has 1 aromatic rings. The molecule has 0 aromatic carbocycles. The Labute approximate surface area is 101 Å². The van der Waals surface area contributed by atoms with Crippen molar-refractivity contribution in [3.05, 3.63) is 23.9 Å². The highest BCUT2D eigenvalue weighted by molar-refractivity contribution is 5.80. The number of carbonyl (C=O) groups is 1. The van der Waals surface area contributed by atoms with Gasteiger partial charge in [0.15, 0.2) is 0 Å². The van der Waals surface area contributed by atoms with Crippen LogP contribution in [0.3, 0.4) is 0 Å². The van der Waals surface area contributed by atoms with Gasteiger partial charge in [0.1, 0.15) is 6.10 Å². The third-order valence-corrected chi connectivity index (χ3v) is 2.28. The van der Waals surface area contributed by atoms with Crippen LogP contribution in [0.15, 0.2) is 18.3 Å². The molecular formula is C12H18N2O3.